The van der Waals surface area contributed by atoms with E-state index in [0.717, 1.165) is 11.1 Å². The van der Waals surface area contributed by atoms with Crippen LogP contribution in [0.2, 0.25) is 0 Å². The number of nitriles is 1. The van der Waals surface area contributed by atoms with E-state index in [2.05, 4.69) is 21.6 Å². The highest BCUT2D eigenvalue weighted by Crippen LogP contribution is 2.28. The summed E-state index contributed by atoms with van der Waals surface area (Å²) in [5, 5.41) is 20.0. The number of nitrogens with zero attached hydrogens (tertiary/aromatic N) is 3. The summed E-state index contributed by atoms with van der Waals surface area (Å²) in [5.41, 5.74) is 0.999. The SMILES string of the molecule is Cc1ccccc1-c1nnc(S[C@H](C)C(=O)N[C@@](C)(C#N)C(C)C)o1. The molecule has 132 valence electrons. The molecule has 6 nitrogen and oxygen atoms in total. The van der Waals surface area contributed by atoms with Gasteiger partial charge in [-0.15, -0.1) is 10.2 Å². The fourth-order valence-corrected chi connectivity index (χ4v) is 2.73. The Balaban J connectivity index is 2.07. The van der Waals surface area contributed by atoms with Crippen LogP contribution in [0.15, 0.2) is 33.9 Å². The molecule has 0 saturated heterocycles. The van der Waals surface area contributed by atoms with E-state index in [0.29, 0.717) is 11.1 Å². The first-order valence-corrected chi connectivity index (χ1v) is 8.94. The summed E-state index contributed by atoms with van der Waals surface area (Å²) in [5.74, 6) is 0.186. The van der Waals surface area contributed by atoms with Gasteiger partial charge in [-0.05, 0) is 38.3 Å². The number of thioether (sulfide) groups is 1. The Kier molecular flexibility index (Phi) is 5.85. The quantitative estimate of drug-likeness (QED) is 0.794. The van der Waals surface area contributed by atoms with E-state index in [1.54, 1.807) is 13.8 Å². The summed E-state index contributed by atoms with van der Waals surface area (Å²) >= 11 is 1.17. The minimum atomic E-state index is -0.910. The lowest BCUT2D eigenvalue weighted by Crippen LogP contribution is -2.51. The van der Waals surface area contributed by atoms with Gasteiger partial charge < -0.3 is 9.73 Å². The number of benzene rings is 1. The van der Waals surface area contributed by atoms with Crippen LogP contribution in [0.25, 0.3) is 11.5 Å². The lowest BCUT2D eigenvalue weighted by Gasteiger charge is -2.28. The van der Waals surface area contributed by atoms with Crippen LogP contribution in [0.3, 0.4) is 0 Å². The maximum Gasteiger partial charge on any atom is 0.277 e. The Morgan fingerprint density at radius 2 is 2.00 bits per heavy atom. The first-order valence-electron chi connectivity index (χ1n) is 8.06. The molecule has 1 aromatic carbocycles. The van der Waals surface area contributed by atoms with Crippen molar-refractivity contribution in [3.8, 4) is 17.5 Å². The monoisotopic (exact) mass is 358 g/mol. The molecule has 1 amide bonds. The van der Waals surface area contributed by atoms with E-state index >= 15 is 0 Å². The van der Waals surface area contributed by atoms with Gasteiger partial charge in [-0.3, -0.25) is 4.79 Å². The predicted molar refractivity (Wildman–Crippen MR) is 96.8 cm³/mol. The van der Waals surface area contributed by atoms with Gasteiger partial charge >= 0.3 is 0 Å². The summed E-state index contributed by atoms with van der Waals surface area (Å²) < 4.78 is 5.67. The molecular weight excluding hydrogens is 336 g/mol. The fourth-order valence-electron chi connectivity index (χ4n) is 2.04. The number of aryl methyl sites for hydroxylation is 1. The third-order valence-corrected chi connectivity index (χ3v) is 5.13. The van der Waals surface area contributed by atoms with Gasteiger partial charge in [0.2, 0.25) is 11.8 Å². The van der Waals surface area contributed by atoms with Crippen molar-refractivity contribution in [2.24, 2.45) is 5.92 Å². The second-order valence-electron chi connectivity index (χ2n) is 6.41. The van der Waals surface area contributed by atoms with Crippen LogP contribution in [-0.2, 0) is 4.79 Å². The highest BCUT2D eigenvalue weighted by atomic mass is 32.2. The molecule has 0 spiro atoms. The average molecular weight is 358 g/mol. The Bertz CT molecular complexity index is 796. The van der Waals surface area contributed by atoms with Gasteiger partial charge in [-0.1, -0.05) is 43.8 Å². The number of hydrogen-bond acceptors (Lipinski definition) is 6. The molecule has 0 aliphatic heterocycles. The number of amides is 1. The molecule has 1 N–H and O–H groups in total. The highest BCUT2D eigenvalue weighted by Gasteiger charge is 2.32. The summed E-state index contributed by atoms with van der Waals surface area (Å²) in [6.07, 6.45) is 0. The topological polar surface area (TPSA) is 91.8 Å². The lowest BCUT2D eigenvalue weighted by molar-refractivity contribution is -0.121. The minimum absolute atomic E-state index is 0.00490. The molecule has 0 unspecified atom stereocenters. The van der Waals surface area contributed by atoms with Crippen LogP contribution >= 0.6 is 11.8 Å². The number of nitrogens with one attached hydrogen (secondary N) is 1. The number of rotatable bonds is 6. The molecule has 0 fully saturated rings. The third-order valence-electron chi connectivity index (χ3n) is 4.20. The fraction of sp³-hybridized carbons (Fsp3) is 0.444. The molecule has 2 rings (SSSR count). The lowest BCUT2D eigenvalue weighted by atomic mass is 9.90. The molecule has 1 aromatic heterocycles. The molecule has 0 bridgehead atoms. The second-order valence-corrected chi connectivity index (χ2v) is 7.70. The number of carbonyl (C=O) groups is 1. The molecule has 2 atom stereocenters. The molecule has 25 heavy (non-hydrogen) atoms. The summed E-state index contributed by atoms with van der Waals surface area (Å²) in [4.78, 5) is 12.4. The zero-order valence-corrected chi connectivity index (χ0v) is 15.8. The van der Waals surface area contributed by atoms with E-state index < -0.39 is 10.8 Å². The molecular formula is C18H22N4O2S. The predicted octanol–water partition coefficient (Wildman–Crippen LogP) is 3.58. The summed E-state index contributed by atoms with van der Waals surface area (Å²) in [6.45, 7) is 9.23. The smallest absolute Gasteiger partial charge is 0.277 e. The van der Waals surface area contributed by atoms with Gasteiger partial charge in [0.15, 0.2) is 0 Å². The summed E-state index contributed by atoms with van der Waals surface area (Å²) in [7, 11) is 0. The first kappa shape index (κ1) is 19.0. The van der Waals surface area contributed by atoms with Gasteiger partial charge in [0.1, 0.15) is 5.54 Å². The van der Waals surface area contributed by atoms with Crippen LogP contribution in [-0.4, -0.2) is 26.9 Å². The number of carbonyl (C=O) groups excluding carboxylic acids is 1. The largest absolute Gasteiger partial charge is 0.411 e. The molecule has 0 saturated carbocycles. The van der Waals surface area contributed by atoms with Crippen molar-refractivity contribution >= 4 is 17.7 Å². The van der Waals surface area contributed by atoms with Crippen molar-refractivity contribution in [2.75, 3.05) is 0 Å². The van der Waals surface area contributed by atoms with E-state index in [4.69, 9.17) is 4.42 Å². The second kappa shape index (κ2) is 7.70. The standard InChI is InChI=1S/C18H22N4O2S/c1-11(2)18(5,10-19)20-15(23)13(4)25-17-22-21-16(24-17)14-9-7-6-8-12(14)3/h6-9,11,13H,1-5H3,(H,20,23)/t13-,18+/m1/s1. The number of hydrogen-bond donors (Lipinski definition) is 1. The normalized spacial score (nSPS) is 14.6. The van der Waals surface area contributed by atoms with Crippen molar-refractivity contribution in [3.05, 3.63) is 29.8 Å². The molecule has 2 aromatic rings. The van der Waals surface area contributed by atoms with Crippen molar-refractivity contribution < 1.29 is 9.21 Å². The van der Waals surface area contributed by atoms with Gasteiger partial charge in [-0.2, -0.15) is 5.26 Å². The third kappa shape index (κ3) is 4.40. The number of aromatic nitrogens is 2. The van der Waals surface area contributed by atoms with Crippen molar-refractivity contribution in [1.82, 2.24) is 15.5 Å². The van der Waals surface area contributed by atoms with Gasteiger partial charge in [0.25, 0.3) is 5.22 Å². The molecule has 0 aliphatic rings. The van der Waals surface area contributed by atoms with Crippen molar-refractivity contribution in [1.29, 1.82) is 5.26 Å². The maximum absolute atomic E-state index is 12.4. The molecule has 0 radical (unpaired) electrons. The van der Waals surface area contributed by atoms with Gasteiger partial charge in [0.05, 0.1) is 11.3 Å². The Morgan fingerprint density at radius 3 is 2.60 bits per heavy atom. The van der Waals surface area contributed by atoms with Crippen LogP contribution in [0.4, 0.5) is 0 Å². The van der Waals surface area contributed by atoms with E-state index in [1.165, 1.54) is 11.8 Å². The Labute approximate surface area is 152 Å². The van der Waals surface area contributed by atoms with Crippen molar-refractivity contribution in [3.63, 3.8) is 0 Å². The first-order chi connectivity index (χ1) is 11.8. The van der Waals surface area contributed by atoms with E-state index in [1.807, 2.05) is 45.0 Å². The van der Waals surface area contributed by atoms with Crippen molar-refractivity contribution in [2.45, 2.75) is 50.6 Å². The van der Waals surface area contributed by atoms with E-state index in [9.17, 15) is 10.1 Å². The minimum Gasteiger partial charge on any atom is -0.411 e. The highest BCUT2D eigenvalue weighted by molar-refractivity contribution is 8.00. The van der Waals surface area contributed by atoms with Crippen LogP contribution in [0.1, 0.15) is 33.3 Å². The summed E-state index contributed by atoms with van der Waals surface area (Å²) in [6, 6.07) is 9.90. The zero-order chi connectivity index (χ0) is 18.6. The van der Waals surface area contributed by atoms with Gasteiger partial charge in [0, 0.05) is 5.56 Å². The molecule has 1 heterocycles. The maximum atomic E-state index is 12.4. The van der Waals surface area contributed by atoms with Crippen LogP contribution in [0.5, 0.6) is 0 Å². The Hall–Kier alpha value is -2.33. The Morgan fingerprint density at radius 1 is 1.32 bits per heavy atom. The zero-order valence-electron chi connectivity index (χ0n) is 15.0. The van der Waals surface area contributed by atoms with Crippen LogP contribution < -0.4 is 5.32 Å². The van der Waals surface area contributed by atoms with Crippen LogP contribution in [0, 0.1) is 24.2 Å². The van der Waals surface area contributed by atoms with E-state index in [-0.39, 0.29) is 11.8 Å². The average Bonchev–Trinajstić information content (AvgIpc) is 3.03. The van der Waals surface area contributed by atoms with Gasteiger partial charge in [-0.25, -0.2) is 0 Å². The molecule has 7 heteroatoms. The molecule has 0 aliphatic carbocycles.